The summed E-state index contributed by atoms with van der Waals surface area (Å²) >= 11 is 0. The molecule has 2 fully saturated rings. The number of primary amides is 1. The average Bonchev–Trinajstić information content (AvgIpc) is 2.68. The summed E-state index contributed by atoms with van der Waals surface area (Å²) in [5, 5.41) is 3.33. The maximum atomic E-state index is 13.3. The van der Waals surface area contributed by atoms with E-state index >= 15 is 0 Å². The van der Waals surface area contributed by atoms with Gasteiger partial charge in [0, 0.05) is 32.6 Å². The highest BCUT2D eigenvalue weighted by atomic mass is 16.2. The van der Waals surface area contributed by atoms with Crippen LogP contribution in [0.15, 0.2) is 0 Å². The van der Waals surface area contributed by atoms with Gasteiger partial charge in [0.15, 0.2) is 0 Å². The monoisotopic (exact) mass is 394 g/mol. The number of piperazine rings is 1. The second-order valence-electron chi connectivity index (χ2n) is 8.28. The van der Waals surface area contributed by atoms with Gasteiger partial charge in [0.05, 0.1) is 6.04 Å². The van der Waals surface area contributed by atoms with Crippen LogP contribution in [0.2, 0.25) is 0 Å². The van der Waals surface area contributed by atoms with Gasteiger partial charge in [0.2, 0.25) is 17.7 Å². The van der Waals surface area contributed by atoms with Crippen molar-refractivity contribution in [1.29, 1.82) is 0 Å². The third kappa shape index (κ3) is 6.19. The van der Waals surface area contributed by atoms with E-state index in [0.717, 1.165) is 57.9 Å². The molecule has 2 atom stereocenters. The van der Waals surface area contributed by atoms with E-state index in [1.54, 1.807) is 0 Å². The third-order valence-electron chi connectivity index (χ3n) is 6.08. The molecule has 7 nitrogen and oxygen atoms in total. The van der Waals surface area contributed by atoms with Gasteiger partial charge >= 0.3 is 0 Å². The zero-order valence-electron chi connectivity index (χ0n) is 17.6. The molecule has 7 heteroatoms. The van der Waals surface area contributed by atoms with Crippen LogP contribution < -0.4 is 11.1 Å². The van der Waals surface area contributed by atoms with Crippen molar-refractivity contribution in [2.24, 2.45) is 11.7 Å². The standard InChI is InChI=1S/C21H38N4O3/c1-3-5-7-17-20(27)25(14-11-23-17)18(8-6-4-2)21(28)24-12-9-16(10-13-24)15-19(22)26/h16-18,23H,3-15H2,1-2H3,(H2,22,26)/t17-,18-/m0/s1. The van der Waals surface area contributed by atoms with E-state index in [-0.39, 0.29) is 35.7 Å². The number of piperidine rings is 1. The topological polar surface area (TPSA) is 95.7 Å². The van der Waals surface area contributed by atoms with E-state index in [0.29, 0.717) is 26.1 Å². The van der Waals surface area contributed by atoms with Gasteiger partial charge in [-0.25, -0.2) is 0 Å². The largest absolute Gasteiger partial charge is 0.370 e. The lowest BCUT2D eigenvalue weighted by atomic mass is 9.92. The van der Waals surface area contributed by atoms with Crippen molar-refractivity contribution in [1.82, 2.24) is 15.1 Å². The molecule has 2 rings (SSSR count). The molecule has 0 aromatic rings. The fourth-order valence-electron chi connectivity index (χ4n) is 4.36. The Morgan fingerprint density at radius 1 is 1.14 bits per heavy atom. The fourth-order valence-corrected chi connectivity index (χ4v) is 4.36. The Bertz CT molecular complexity index is 532. The van der Waals surface area contributed by atoms with Gasteiger partial charge in [-0.2, -0.15) is 0 Å². The lowest BCUT2D eigenvalue weighted by Gasteiger charge is -2.41. The summed E-state index contributed by atoms with van der Waals surface area (Å²) in [6.45, 7) is 6.88. The number of nitrogens with zero attached hydrogens (tertiary/aromatic N) is 2. The van der Waals surface area contributed by atoms with E-state index in [2.05, 4.69) is 19.2 Å². The molecule has 0 spiro atoms. The van der Waals surface area contributed by atoms with Crippen molar-refractivity contribution < 1.29 is 14.4 Å². The second-order valence-corrected chi connectivity index (χ2v) is 8.28. The molecule has 0 radical (unpaired) electrons. The van der Waals surface area contributed by atoms with E-state index in [4.69, 9.17) is 5.73 Å². The zero-order valence-corrected chi connectivity index (χ0v) is 17.6. The molecule has 0 saturated carbocycles. The molecule has 3 amide bonds. The van der Waals surface area contributed by atoms with Crippen molar-refractivity contribution in [2.45, 2.75) is 83.7 Å². The summed E-state index contributed by atoms with van der Waals surface area (Å²) in [4.78, 5) is 41.2. The molecule has 0 aliphatic carbocycles. The van der Waals surface area contributed by atoms with Crippen LogP contribution in [0, 0.1) is 5.92 Å². The summed E-state index contributed by atoms with van der Waals surface area (Å²) in [5.74, 6) is 0.165. The van der Waals surface area contributed by atoms with Crippen LogP contribution in [0.1, 0.15) is 71.6 Å². The van der Waals surface area contributed by atoms with E-state index in [1.807, 2.05) is 9.80 Å². The molecule has 0 aromatic heterocycles. The molecule has 3 N–H and O–H groups in total. The first-order valence-electron chi connectivity index (χ1n) is 11.1. The van der Waals surface area contributed by atoms with Crippen LogP contribution in [0.3, 0.4) is 0 Å². The number of nitrogens with one attached hydrogen (secondary N) is 1. The summed E-state index contributed by atoms with van der Waals surface area (Å²) in [5.41, 5.74) is 5.31. The minimum Gasteiger partial charge on any atom is -0.370 e. The van der Waals surface area contributed by atoms with Crippen molar-refractivity contribution >= 4 is 17.7 Å². The molecular formula is C21H38N4O3. The summed E-state index contributed by atoms with van der Waals surface area (Å²) < 4.78 is 0. The molecule has 160 valence electrons. The first-order valence-corrected chi connectivity index (χ1v) is 11.1. The predicted molar refractivity (Wildman–Crippen MR) is 109 cm³/mol. The van der Waals surface area contributed by atoms with Gasteiger partial charge < -0.3 is 20.9 Å². The number of hydrogen-bond acceptors (Lipinski definition) is 4. The Morgan fingerprint density at radius 2 is 1.82 bits per heavy atom. The van der Waals surface area contributed by atoms with Crippen molar-refractivity contribution in [3.05, 3.63) is 0 Å². The van der Waals surface area contributed by atoms with Crippen LogP contribution in [-0.2, 0) is 14.4 Å². The smallest absolute Gasteiger partial charge is 0.245 e. The van der Waals surface area contributed by atoms with Crippen LogP contribution in [-0.4, -0.2) is 65.8 Å². The molecule has 28 heavy (non-hydrogen) atoms. The zero-order chi connectivity index (χ0) is 20.5. The number of unbranched alkanes of at least 4 members (excludes halogenated alkanes) is 2. The first-order chi connectivity index (χ1) is 13.5. The van der Waals surface area contributed by atoms with Gasteiger partial charge in [0.1, 0.15) is 6.04 Å². The molecule has 0 aromatic carbocycles. The Kier molecular flexibility index (Phi) is 9.22. The van der Waals surface area contributed by atoms with Crippen molar-refractivity contribution in [2.75, 3.05) is 26.2 Å². The van der Waals surface area contributed by atoms with E-state index in [1.165, 1.54) is 0 Å². The summed E-state index contributed by atoms with van der Waals surface area (Å²) in [6.07, 6.45) is 7.59. The quantitative estimate of drug-likeness (QED) is 0.589. The molecule has 0 unspecified atom stereocenters. The number of carbonyl (C=O) groups excluding carboxylic acids is 3. The Morgan fingerprint density at radius 3 is 2.43 bits per heavy atom. The highest BCUT2D eigenvalue weighted by Gasteiger charge is 2.38. The minimum atomic E-state index is -0.355. The lowest BCUT2D eigenvalue weighted by molar-refractivity contribution is -0.150. The van der Waals surface area contributed by atoms with Gasteiger partial charge in [0.25, 0.3) is 0 Å². The van der Waals surface area contributed by atoms with Gasteiger partial charge in [-0.3, -0.25) is 14.4 Å². The molecule has 2 saturated heterocycles. The van der Waals surface area contributed by atoms with E-state index < -0.39 is 0 Å². The molecule has 2 aliphatic heterocycles. The fraction of sp³-hybridized carbons (Fsp3) is 0.857. The highest BCUT2D eigenvalue weighted by molar-refractivity contribution is 5.90. The maximum Gasteiger partial charge on any atom is 0.245 e. The van der Waals surface area contributed by atoms with Gasteiger partial charge in [-0.05, 0) is 31.6 Å². The molecule has 2 aliphatic rings. The summed E-state index contributed by atoms with van der Waals surface area (Å²) in [7, 11) is 0. The highest BCUT2D eigenvalue weighted by Crippen LogP contribution is 2.23. The Balaban J connectivity index is 2.02. The minimum absolute atomic E-state index is 0.0791. The predicted octanol–water partition coefficient (Wildman–Crippen LogP) is 1.65. The Hall–Kier alpha value is -1.63. The van der Waals surface area contributed by atoms with Gasteiger partial charge in [-0.1, -0.05) is 39.5 Å². The summed E-state index contributed by atoms with van der Waals surface area (Å²) in [6, 6.07) is -0.515. The maximum absolute atomic E-state index is 13.3. The number of likely N-dealkylation sites (tertiary alicyclic amines) is 1. The number of amides is 3. The molecule has 0 bridgehead atoms. The molecule has 2 heterocycles. The third-order valence-corrected chi connectivity index (χ3v) is 6.08. The normalized spacial score (nSPS) is 22.4. The van der Waals surface area contributed by atoms with Crippen molar-refractivity contribution in [3.63, 3.8) is 0 Å². The van der Waals surface area contributed by atoms with Crippen molar-refractivity contribution in [3.8, 4) is 0 Å². The first kappa shape index (κ1) is 22.7. The van der Waals surface area contributed by atoms with Gasteiger partial charge in [-0.15, -0.1) is 0 Å². The number of rotatable bonds is 10. The van der Waals surface area contributed by atoms with Crippen LogP contribution in [0.25, 0.3) is 0 Å². The number of carbonyl (C=O) groups is 3. The van der Waals surface area contributed by atoms with E-state index in [9.17, 15) is 14.4 Å². The number of nitrogens with two attached hydrogens (primary N) is 1. The average molecular weight is 395 g/mol. The van der Waals surface area contributed by atoms with Crippen LogP contribution in [0.5, 0.6) is 0 Å². The lowest BCUT2D eigenvalue weighted by Crippen LogP contribution is -2.61. The Labute approximate surface area is 169 Å². The SMILES string of the molecule is CCCC[C@@H]1NCCN([C@@H](CCCC)C(=O)N2CCC(CC(N)=O)CC2)C1=O. The second kappa shape index (κ2) is 11.4. The molecular weight excluding hydrogens is 356 g/mol. The van der Waals surface area contributed by atoms with Crippen LogP contribution >= 0.6 is 0 Å². The number of hydrogen-bond donors (Lipinski definition) is 2. The van der Waals surface area contributed by atoms with Crippen LogP contribution in [0.4, 0.5) is 0 Å².